The zero-order valence-electron chi connectivity index (χ0n) is 22.4. The Morgan fingerprint density at radius 3 is 2.31 bits per heavy atom. The van der Waals surface area contributed by atoms with E-state index in [2.05, 4.69) is 24.9 Å². The Hall–Kier alpha value is -4.26. The van der Waals surface area contributed by atoms with Gasteiger partial charge in [0, 0.05) is 29.5 Å². The first-order valence-electron chi connectivity index (χ1n) is 13.0. The Bertz CT molecular complexity index is 1590. The van der Waals surface area contributed by atoms with Gasteiger partial charge >= 0.3 is 0 Å². The molecule has 1 aliphatic heterocycles. The Morgan fingerprint density at radius 1 is 0.976 bits per heavy atom. The normalized spacial score (nSPS) is 13.1. The average Bonchev–Trinajstić information content (AvgIpc) is 3.50. The highest BCUT2D eigenvalue weighted by molar-refractivity contribution is 7.92. The molecule has 2 heterocycles. The molecule has 0 atom stereocenters. The van der Waals surface area contributed by atoms with Gasteiger partial charge in [-0.2, -0.15) is 0 Å². The fourth-order valence-corrected chi connectivity index (χ4v) is 5.56. The molecule has 0 bridgehead atoms. The lowest BCUT2D eigenvalue weighted by Crippen LogP contribution is -2.25. The molecule has 1 fully saturated rings. The third kappa shape index (κ3) is 8.62. The Morgan fingerprint density at radius 2 is 1.64 bits per heavy atom. The van der Waals surface area contributed by atoms with Crippen LogP contribution in [0.1, 0.15) is 12.8 Å². The fraction of sp³-hybridized carbons (Fsp3) is 0.207. The average molecular weight is 614 g/mol. The maximum atomic E-state index is 13.4. The molecule has 0 aliphatic carbocycles. The maximum absolute atomic E-state index is 13.4. The lowest BCUT2D eigenvalue weighted by Gasteiger charge is -2.15. The van der Waals surface area contributed by atoms with E-state index in [1.807, 2.05) is 30.3 Å². The zero-order chi connectivity index (χ0) is 30.0. The van der Waals surface area contributed by atoms with E-state index in [1.165, 1.54) is 19.2 Å². The first-order chi connectivity index (χ1) is 20.3. The summed E-state index contributed by atoms with van der Waals surface area (Å²) in [6, 6.07) is 19.5. The van der Waals surface area contributed by atoms with Crippen LogP contribution in [0, 0.1) is 5.82 Å². The number of rotatable bonds is 10. The highest BCUT2D eigenvalue weighted by Gasteiger charge is 2.16. The van der Waals surface area contributed by atoms with E-state index in [4.69, 9.17) is 26.2 Å². The van der Waals surface area contributed by atoms with E-state index >= 15 is 0 Å². The van der Waals surface area contributed by atoms with Crippen molar-refractivity contribution in [2.24, 2.45) is 0 Å². The standard InChI is InChI=1S/C28H27ClFN5O3S.CH2O2/c29-25-17-24(11-12-26(25)30)39(36,37)34-22-7-5-21(6-8-22)33-28-18-27(31-19-32-28)20-3-9-23(10-4-20)38-16-15-35-13-1-2-14-35;2-1-3/h3-12,17-19,34H,1-2,13-16H2,(H,31,32,33);1H,(H,2,3). The monoisotopic (exact) mass is 613 g/mol. The van der Waals surface area contributed by atoms with Crippen molar-refractivity contribution in [3.05, 3.63) is 90.0 Å². The van der Waals surface area contributed by atoms with E-state index in [-0.39, 0.29) is 16.4 Å². The summed E-state index contributed by atoms with van der Waals surface area (Å²) in [6.07, 6.45) is 4.02. The number of hydrogen-bond donors (Lipinski definition) is 3. The van der Waals surface area contributed by atoms with Crippen LogP contribution in [0.2, 0.25) is 5.02 Å². The summed E-state index contributed by atoms with van der Waals surface area (Å²) < 4.78 is 46.9. The van der Waals surface area contributed by atoms with Crippen molar-refractivity contribution in [1.82, 2.24) is 14.9 Å². The van der Waals surface area contributed by atoms with Crippen molar-refractivity contribution in [2.75, 3.05) is 36.3 Å². The van der Waals surface area contributed by atoms with E-state index in [1.54, 1.807) is 24.3 Å². The summed E-state index contributed by atoms with van der Waals surface area (Å²) in [5.74, 6) is 0.719. The Kier molecular flexibility index (Phi) is 10.7. The van der Waals surface area contributed by atoms with Gasteiger partial charge in [0.2, 0.25) is 0 Å². The smallest absolute Gasteiger partial charge is 0.290 e. The second kappa shape index (κ2) is 14.6. The number of benzene rings is 3. The number of nitrogens with one attached hydrogen (secondary N) is 2. The van der Waals surface area contributed by atoms with Crippen molar-refractivity contribution in [3.63, 3.8) is 0 Å². The second-order valence-electron chi connectivity index (χ2n) is 9.20. The molecule has 0 radical (unpaired) electrons. The summed E-state index contributed by atoms with van der Waals surface area (Å²) in [5.41, 5.74) is 2.72. The number of halogens is 2. The molecule has 1 aromatic heterocycles. The van der Waals surface area contributed by atoms with Crippen LogP contribution in [0.4, 0.5) is 21.6 Å². The highest BCUT2D eigenvalue weighted by Crippen LogP contribution is 2.26. The molecule has 42 heavy (non-hydrogen) atoms. The minimum absolute atomic E-state index is 0.133. The van der Waals surface area contributed by atoms with Crippen molar-refractivity contribution in [3.8, 4) is 17.0 Å². The quantitative estimate of drug-likeness (QED) is 0.194. The number of hydrogen-bond acceptors (Lipinski definition) is 8. The molecule has 10 nitrogen and oxygen atoms in total. The first kappa shape index (κ1) is 30.7. The SMILES string of the molecule is O=CO.O=S(=O)(Nc1ccc(Nc2cc(-c3ccc(OCCN4CCCC4)cc3)ncn2)cc1)c1ccc(F)c(Cl)c1. The Labute approximate surface area is 248 Å². The molecule has 13 heteroatoms. The van der Waals surface area contributed by atoms with Gasteiger partial charge in [0.25, 0.3) is 16.5 Å². The molecule has 0 unspecified atom stereocenters. The van der Waals surface area contributed by atoms with Crippen molar-refractivity contribution in [1.29, 1.82) is 0 Å². The van der Waals surface area contributed by atoms with Crippen LogP contribution in [0.15, 0.2) is 84.0 Å². The highest BCUT2D eigenvalue weighted by atomic mass is 35.5. The fourth-order valence-electron chi connectivity index (χ4n) is 4.23. The summed E-state index contributed by atoms with van der Waals surface area (Å²) in [5, 5.41) is 9.82. The van der Waals surface area contributed by atoms with Gasteiger partial charge in [0.15, 0.2) is 0 Å². The topological polar surface area (TPSA) is 134 Å². The van der Waals surface area contributed by atoms with Gasteiger partial charge in [-0.05, 0) is 92.7 Å². The molecule has 4 aromatic rings. The molecule has 5 rings (SSSR count). The summed E-state index contributed by atoms with van der Waals surface area (Å²) in [4.78, 5) is 19.3. The predicted octanol–water partition coefficient (Wildman–Crippen LogP) is 5.66. The van der Waals surface area contributed by atoms with E-state index in [0.29, 0.717) is 23.8 Å². The number of sulfonamides is 1. The molecular formula is C29H29ClFN5O5S. The van der Waals surface area contributed by atoms with Crippen LogP contribution in [-0.2, 0) is 14.8 Å². The molecule has 3 N–H and O–H groups in total. The van der Waals surface area contributed by atoms with Crippen LogP contribution in [0.5, 0.6) is 5.75 Å². The number of anilines is 3. The molecule has 0 spiro atoms. The summed E-state index contributed by atoms with van der Waals surface area (Å²) in [7, 11) is -3.93. The third-order valence-electron chi connectivity index (χ3n) is 6.30. The van der Waals surface area contributed by atoms with E-state index in [9.17, 15) is 12.8 Å². The molecule has 1 aliphatic rings. The second-order valence-corrected chi connectivity index (χ2v) is 11.3. The molecule has 0 amide bonds. The number of carbonyl (C=O) groups is 1. The van der Waals surface area contributed by atoms with Crippen molar-refractivity contribution >= 4 is 45.3 Å². The number of carboxylic acid groups (broad SMARTS) is 1. The van der Waals surface area contributed by atoms with E-state index in [0.717, 1.165) is 54.8 Å². The number of aromatic nitrogens is 2. The lowest BCUT2D eigenvalue weighted by atomic mass is 10.1. The van der Waals surface area contributed by atoms with Crippen LogP contribution < -0.4 is 14.8 Å². The van der Waals surface area contributed by atoms with Crippen LogP contribution in [-0.4, -0.2) is 61.1 Å². The van der Waals surface area contributed by atoms with Crippen molar-refractivity contribution in [2.45, 2.75) is 17.7 Å². The summed E-state index contributed by atoms with van der Waals surface area (Å²) >= 11 is 5.72. The molecule has 220 valence electrons. The van der Waals surface area contributed by atoms with Gasteiger partial charge in [-0.25, -0.2) is 22.8 Å². The molecule has 0 saturated carbocycles. The number of ether oxygens (including phenoxy) is 1. The van der Waals surface area contributed by atoms with Gasteiger partial charge in [-0.3, -0.25) is 14.4 Å². The number of likely N-dealkylation sites (tertiary alicyclic amines) is 1. The zero-order valence-corrected chi connectivity index (χ0v) is 24.0. The van der Waals surface area contributed by atoms with Crippen molar-refractivity contribution < 1.29 is 27.4 Å². The minimum atomic E-state index is -3.93. The minimum Gasteiger partial charge on any atom is -0.492 e. The molecule has 1 saturated heterocycles. The predicted molar refractivity (Wildman–Crippen MR) is 159 cm³/mol. The van der Waals surface area contributed by atoms with Crippen LogP contribution in [0.25, 0.3) is 11.3 Å². The van der Waals surface area contributed by atoms with Crippen LogP contribution in [0.3, 0.4) is 0 Å². The largest absolute Gasteiger partial charge is 0.492 e. The summed E-state index contributed by atoms with van der Waals surface area (Å²) in [6.45, 7) is 3.67. The number of nitrogens with zero attached hydrogens (tertiary/aromatic N) is 3. The first-order valence-corrected chi connectivity index (χ1v) is 14.8. The molecule has 3 aromatic carbocycles. The Balaban J connectivity index is 0.00000129. The van der Waals surface area contributed by atoms with E-state index < -0.39 is 15.8 Å². The molecular weight excluding hydrogens is 585 g/mol. The van der Waals surface area contributed by atoms with Gasteiger partial charge in [-0.15, -0.1) is 0 Å². The maximum Gasteiger partial charge on any atom is 0.290 e. The van der Waals surface area contributed by atoms with Crippen LogP contribution >= 0.6 is 11.6 Å². The van der Waals surface area contributed by atoms with Gasteiger partial charge in [0.05, 0.1) is 15.6 Å². The van der Waals surface area contributed by atoms with Gasteiger partial charge in [0.1, 0.15) is 30.3 Å². The van der Waals surface area contributed by atoms with Gasteiger partial charge < -0.3 is 15.2 Å². The van der Waals surface area contributed by atoms with Gasteiger partial charge in [-0.1, -0.05) is 11.6 Å². The third-order valence-corrected chi connectivity index (χ3v) is 7.97. The lowest BCUT2D eigenvalue weighted by molar-refractivity contribution is -0.122.